The van der Waals surface area contributed by atoms with E-state index in [1.54, 1.807) is 7.11 Å². The lowest BCUT2D eigenvalue weighted by Crippen LogP contribution is -2.54. The van der Waals surface area contributed by atoms with Crippen molar-refractivity contribution in [1.82, 2.24) is 9.80 Å². The third-order valence-corrected chi connectivity index (χ3v) is 3.97. The molecule has 2 atom stereocenters. The molecule has 0 bridgehead atoms. The fraction of sp³-hybridized carbons (Fsp3) is 1.00. The normalized spacial score (nSPS) is 22.6. The summed E-state index contributed by atoms with van der Waals surface area (Å²) in [7, 11) is 1.78. The van der Waals surface area contributed by atoms with Crippen LogP contribution >= 0.6 is 0 Å². The molecule has 2 N–H and O–H groups in total. The molecule has 1 heterocycles. The second kappa shape index (κ2) is 8.03. The van der Waals surface area contributed by atoms with Crippen molar-refractivity contribution in [2.24, 2.45) is 5.73 Å². The molecule has 0 amide bonds. The Labute approximate surface area is 106 Å². The second-order valence-corrected chi connectivity index (χ2v) is 5.00. The van der Waals surface area contributed by atoms with Crippen molar-refractivity contribution in [2.75, 3.05) is 46.4 Å². The van der Waals surface area contributed by atoms with Gasteiger partial charge in [0.1, 0.15) is 0 Å². The van der Waals surface area contributed by atoms with E-state index in [1.807, 2.05) is 0 Å². The predicted molar refractivity (Wildman–Crippen MR) is 72.2 cm³/mol. The van der Waals surface area contributed by atoms with Gasteiger partial charge in [0.15, 0.2) is 0 Å². The van der Waals surface area contributed by atoms with Crippen LogP contribution in [-0.2, 0) is 4.74 Å². The van der Waals surface area contributed by atoms with E-state index in [0.29, 0.717) is 12.1 Å². The van der Waals surface area contributed by atoms with E-state index < -0.39 is 0 Å². The summed E-state index contributed by atoms with van der Waals surface area (Å²) in [6.45, 7) is 10.8. The molecular formula is C13H29N3O. The predicted octanol–water partition coefficient (Wildman–Crippen LogP) is 0.766. The fourth-order valence-corrected chi connectivity index (χ4v) is 2.59. The lowest BCUT2D eigenvalue weighted by Gasteiger charge is -2.41. The zero-order valence-electron chi connectivity index (χ0n) is 11.7. The van der Waals surface area contributed by atoms with Crippen LogP contribution in [0, 0.1) is 0 Å². The van der Waals surface area contributed by atoms with Crippen molar-refractivity contribution < 1.29 is 4.74 Å². The molecule has 17 heavy (non-hydrogen) atoms. The quantitative estimate of drug-likeness (QED) is 0.717. The van der Waals surface area contributed by atoms with Gasteiger partial charge in [0, 0.05) is 58.5 Å². The van der Waals surface area contributed by atoms with Gasteiger partial charge >= 0.3 is 0 Å². The number of hydrogen-bond donors (Lipinski definition) is 1. The van der Waals surface area contributed by atoms with Gasteiger partial charge in [-0.25, -0.2) is 0 Å². The number of nitrogens with two attached hydrogens (primary N) is 1. The maximum Gasteiger partial charge on any atom is 0.0477 e. The lowest BCUT2D eigenvalue weighted by molar-refractivity contribution is 0.0620. The van der Waals surface area contributed by atoms with Crippen molar-refractivity contribution in [1.29, 1.82) is 0 Å². The summed E-state index contributed by atoms with van der Waals surface area (Å²) < 4.78 is 5.14. The van der Waals surface area contributed by atoms with Gasteiger partial charge in [-0.3, -0.25) is 9.80 Å². The molecule has 0 aliphatic carbocycles. The highest BCUT2D eigenvalue weighted by molar-refractivity contribution is 4.80. The number of rotatable bonds is 7. The Balaban J connectivity index is 2.29. The molecule has 2 unspecified atom stereocenters. The van der Waals surface area contributed by atoms with Gasteiger partial charge in [0.05, 0.1) is 0 Å². The Morgan fingerprint density at radius 1 is 1.18 bits per heavy atom. The summed E-state index contributed by atoms with van der Waals surface area (Å²) >= 11 is 0. The highest BCUT2D eigenvalue weighted by atomic mass is 16.5. The van der Waals surface area contributed by atoms with Gasteiger partial charge in [-0.2, -0.15) is 0 Å². The van der Waals surface area contributed by atoms with E-state index in [4.69, 9.17) is 10.5 Å². The summed E-state index contributed by atoms with van der Waals surface area (Å²) in [5, 5.41) is 0. The smallest absolute Gasteiger partial charge is 0.0477 e. The van der Waals surface area contributed by atoms with Crippen molar-refractivity contribution in [3.8, 4) is 0 Å². The Kier molecular flexibility index (Phi) is 7.04. The highest BCUT2D eigenvalue weighted by Gasteiger charge is 2.24. The Morgan fingerprint density at radius 3 is 2.24 bits per heavy atom. The zero-order chi connectivity index (χ0) is 12.7. The van der Waals surface area contributed by atoms with Crippen molar-refractivity contribution in [3.63, 3.8) is 0 Å². The molecule has 0 aromatic rings. The second-order valence-electron chi connectivity index (χ2n) is 5.00. The average molecular weight is 243 g/mol. The molecule has 0 radical (unpaired) electrons. The van der Waals surface area contributed by atoms with Crippen molar-refractivity contribution >= 4 is 0 Å². The fourth-order valence-electron chi connectivity index (χ4n) is 2.59. The molecule has 1 saturated heterocycles. The van der Waals surface area contributed by atoms with E-state index in [0.717, 1.165) is 39.1 Å². The van der Waals surface area contributed by atoms with Crippen molar-refractivity contribution in [2.45, 2.75) is 38.8 Å². The number of nitrogens with zero attached hydrogens (tertiary/aromatic N) is 2. The van der Waals surface area contributed by atoms with Gasteiger partial charge in [-0.15, -0.1) is 0 Å². The summed E-state index contributed by atoms with van der Waals surface area (Å²) in [4.78, 5) is 5.11. The number of methoxy groups -OCH3 is 1. The first-order valence-electron chi connectivity index (χ1n) is 6.90. The van der Waals surface area contributed by atoms with Crippen LogP contribution in [0.15, 0.2) is 0 Å². The van der Waals surface area contributed by atoms with E-state index >= 15 is 0 Å². The van der Waals surface area contributed by atoms with E-state index in [1.165, 1.54) is 13.1 Å². The van der Waals surface area contributed by atoms with Crippen LogP contribution in [0.3, 0.4) is 0 Å². The van der Waals surface area contributed by atoms with Crippen LogP contribution in [0.5, 0.6) is 0 Å². The molecule has 4 heteroatoms. The number of piperazine rings is 1. The van der Waals surface area contributed by atoms with Gasteiger partial charge in [-0.05, 0) is 19.8 Å². The summed E-state index contributed by atoms with van der Waals surface area (Å²) in [5.74, 6) is 0. The van der Waals surface area contributed by atoms with E-state index in [-0.39, 0.29) is 0 Å². The number of hydrogen-bond acceptors (Lipinski definition) is 4. The molecule has 1 fully saturated rings. The Bertz CT molecular complexity index is 189. The summed E-state index contributed by atoms with van der Waals surface area (Å²) in [6.07, 6.45) is 2.29. The minimum absolute atomic E-state index is 0.575. The zero-order valence-corrected chi connectivity index (χ0v) is 11.7. The standard InChI is InChI=1S/C13H29N3O/c1-4-13(11-14)16-8-6-15(7-9-16)12(2)5-10-17-3/h12-13H,4-11,14H2,1-3H3. The molecule has 1 aliphatic rings. The third-order valence-electron chi connectivity index (χ3n) is 3.97. The molecule has 0 aromatic heterocycles. The molecule has 102 valence electrons. The van der Waals surface area contributed by atoms with E-state index in [9.17, 15) is 0 Å². The summed E-state index contributed by atoms with van der Waals surface area (Å²) in [6, 6.07) is 1.21. The average Bonchev–Trinajstić information content (AvgIpc) is 2.38. The monoisotopic (exact) mass is 243 g/mol. The van der Waals surface area contributed by atoms with E-state index in [2.05, 4.69) is 23.6 Å². The SMILES string of the molecule is CCC(CN)N1CCN(C(C)CCOC)CC1. The molecule has 0 aromatic carbocycles. The molecule has 0 saturated carbocycles. The maximum atomic E-state index is 5.80. The van der Waals surface area contributed by atoms with Crippen LogP contribution in [0.2, 0.25) is 0 Å². The number of ether oxygens (including phenoxy) is 1. The summed E-state index contributed by atoms with van der Waals surface area (Å²) in [5.41, 5.74) is 5.80. The van der Waals surface area contributed by atoms with Crippen molar-refractivity contribution in [3.05, 3.63) is 0 Å². The van der Waals surface area contributed by atoms with Gasteiger partial charge < -0.3 is 10.5 Å². The third kappa shape index (κ3) is 4.54. The van der Waals surface area contributed by atoms with Crippen LogP contribution in [0.1, 0.15) is 26.7 Å². The van der Waals surface area contributed by atoms with Crippen LogP contribution in [0.25, 0.3) is 0 Å². The first-order chi connectivity index (χ1) is 8.22. The molecule has 4 nitrogen and oxygen atoms in total. The van der Waals surface area contributed by atoms with Gasteiger partial charge in [0.25, 0.3) is 0 Å². The van der Waals surface area contributed by atoms with Gasteiger partial charge in [-0.1, -0.05) is 6.92 Å². The minimum atomic E-state index is 0.575. The highest BCUT2D eigenvalue weighted by Crippen LogP contribution is 2.12. The Morgan fingerprint density at radius 2 is 1.76 bits per heavy atom. The molecule has 0 spiro atoms. The first-order valence-corrected chi connectivity index (χ1v) is 6.90. The maximum absolute atomic E-state index is 5.80. The largest absolute Gasteiger partial charge is 0.385 e. The van der Waals surface area contributed by atoms with Gasteiger partial charge in [0.2, 0.25) is 0 Å². The first kappa shape index (κ1) is 14.9. The molecule has 1 rings (SSSR count). The Hall–Kier alpha value is -0.160. The minimum Gasteiger partial charge on any atom is -0.385 e. The van der Waals surface area contributed by atoms with Crippen LogP contribution in [-0.4, -0.2) is 68.3 Å². The lowest BCUT2D eigenvalue weighted by atomic mass is 10.1. The van der Waals surface area contributed by atoms with Crippen LogP contribution < -0.4 is 5.73 Å². The molecule has 1 aliphatic heterocycles. The molecular weight excluding hydrogens is 214 g/mol. The topological polar surface area (TPSA) is 41.7 Å². The van der Waals surface area contributed by atoms with Crippen LogP contribution in [0.4, 0.5) is 0 Å².